The zero-order valence-electron chi connectivity index (χ0n) is 10.3. The molecule has 0 aromatic carbocycles. The Morgan fingerprint density at radius 1 is 1.41 bits per heavy atom. The SMILES string of the molecule is CC1(C)CCc2nnc(Cc3ccsc3)n2C1. The zero-order chi connectivity index (χ0) is 11.9. The van der Waals surface area contributed by atoms with Gasteiger partial charge in [-0.1, -0.05) is 13.8 Å². The minimum atomic E-state index is 0.374. The van der Waals surface area contributed by atoms with E-state index in [-0.39, 0.29) is 0 Å². The van der Waals surface area contributed by atoms with E-state index in [1.165, 1.54) is 12.0 Å². The van der Waals surface area contributed by atoms with Gasteiger partial charge in [0, 0.05) is 19.4 Å². The summed E-state index contributed by atoms with van der Waals surface area (Å²) in [4.78, 5) is 0. The predicted molar refractivity (Wildman–Crippen MR) is 69.2 cm³/mol. The van der Waals surface area contributed by atoms with Crippen LogP contribution in [0.4, 0.5) is 0 Å². The van der Waals surface area contributed by atoms with Crippen LogP contribution in [-0.4, -0.2) is 14.8 Å². The minimum absolute atomic E-state index is 0.374. The molecule has 3 heterocycles. The van der Waals surface area contributed by atoms with Gasteiger partial charge in [0.15, 0.2) is 0 Å². The average molecular weight is 247 g/mol. The molecule has 0 fully saturated rings. The highest BCUT2D eigenvalue weighted by atomic mass is 32.1. The topological polar surface area (TPSA) is 30.7 Å². The normalized spacial score (nSPS) is 18.0. The molecular formula is C13H17N3S. The molecule has 0 bridgehead atoms. The van der Waals surface area contributed by atoms with Crippen molar-refractivity contribution in [2.75, 3.05) is 0 Å². The molecule has 90 valence electrons. The fourth-order valence-corrected chi connectivity index (χ4v) is 3.07. The summed E-state index contributed by atoms with van der Waals surface area (Å²) in [6, 6.07) is 2.17. The monoisotopic (exact) mass is 247 g/mol. The third-order valence-corrected chi connectivity index (χ3v) is 4.19. The summed E-state index contributed by atoms with van der Waals surface area (Å²) in [7, 11) is 0. The molecule has 0 aliphatic carbocycles. The molecule has 2 aromatic rings. The van der Waals surface area contributed by atoms with E-state index < -0.39 is 0 Å². The Morgan fingerprint density at radius 2 is 2.29 bits per heavy atom. The molecule has 0 saturated heterocycles. The fraction of sp³-hybridized carbons (Fsp3) is 0.538. The molecular weight excluding hydrogens is 230 g/mol. The molecule has 4 heteroatoms. The molecule has 0 N–H and O–H groups in total. The Kier molecular flexibility index (Phi) is 2.54. The van der Waals surface area contributed by atoms with Crippen LogP contribution in [0.25, 0.3) is 0 Å². The molecule has 0 atom stereocenters. The largest absolute Gasteiger partial charge is 0.314 e. The van der Waals surface area contributed by atoms with Crippen molar-refractivity contribution in [3.63, 3.8) is 0 Å². The molecule has 2 aromatic heterocycles. The Bertz CT molecular complexity index is 511. The number of thiophene rings is 1. The molecule has 3 rings (SSSR count). The van der Waals surface area contributed by atoms with Gasteiger partial charge < -0.3 is 4.57 Å². The van der Waals surface area contributed by atoms with Crippen LogP contribution in [0.5, 0.6) is 0 Å². The Morgan fingerprint density at radius 3 is 3.06 bits per heavy atom. The zero-order valence-corrected chi connectivity index (χ0v) is 11.1. The maximum absolute atomic E-state index is 4.36. The molecule has 0 unspecified atom stereocenters. The van der Waals surface area contributed by atoms with Gasteiger partial charge in [0.1, 0.15) is 11.6 Å². The maximum atomic E-state index is 4.36. The van der Waals surface area contributed by atoms with Crippen molar-refractivity contribution in [3.8, 4) is 0 Å². The van der Waals surface area contributed by atoms with E-state index in [9.17, 15) is 0 Å². The Balaban J connectivity index is 1.90. The first-order chi connectivity index (χ1) is 8.14. The summed E-state index contributed by atoms with van der Waals surface area (Å²) in [6.45, 7) is 5.70. The highest BCUT2D eigenvalue weighted by Crippen LogP contribution is 2.31. The van der Waals surface area contributed by atoms with Crippen molar-refractivity contribution in [1.29, 1.82) is 0 Å². The van der Waals surface area contributed by atoms with E-state index in [1.54, 1.807) is 11.3 Å². The molecule has 3 nitrogen and oxygen atoms in total. The van der Waals surface area contributed by atoms with Gasteiger partial charge >= 0.3 is 0 Å². The molecule has 17 heavy (non-hydrogen) atoms. The summed E-state index contributed by atoms with van der Waals surface area (Å²) in [5, 5.41) is 13.0. The summed E-state index contributed by atoms with van der Waals surface area (Å²) in [5.74, 6) is 2.28. The third-order valence-electron chi connectivity index (χ3n) is 3.46. The summed E-state index contributed by atoms with van der Waals surface area (Å²) in [5.41, 5.74) is 1.72. The third kappa shape index (κ3) is 2.14. The number of nitrogens with zero attached hydrogens (tertiary/aromatic N) is 3. The van der Waals surface area contributed by atoms with E-state index in [0.717, 1.165) is 31.0 Å². The van der Waals surface area contributed by atoms with Crippen LogP contribution in [0.1, 0.15) is 37.5 Å². The standard InChI is InChI=1S/C13H17N3S/c1-13(2)5-3-11-14-15-12(16(11)9-13)7-10-4-6-17-8-10/h4,6,8H,3,5,7,9H2,1-2H3. The van der Waals surface area contributed by atoms with Crippen LogP contribution in [-0.2, 0) is 19.4 Å². The van der Waals surface area contributed by atoms with Crippen LogP contribution in [0.3, 0.4) is 0 Å². The molecule has 0 saturated carbocycles. The van der Waals surface area contributed by atoms with Crippen molar-refractivity contribution < 1.29 is 0 Å². The number of aromatic nitrogens is 3. The number of aryl methyl sites for hydroxylation is 1. The average Bonchev–Trinajstić information content (AvgIpc) is 2.88. The van der Waals surface area contributed by atoms with E-state index in [1.807, 2.05) is 0 Å². The van der Waals surface area contributed by atoms with E-state index >= 15 is 0 Å². The second-order valence-electron chi connectivity index (χ2n) is 5.59. The molecule has 1 aliphatic heterocycles. The van der Waals surface area contributed by atoms with Gasteiger partial charge in [-0.25, -0.2) is 0 Å². The number of hydrogen-bond donors (Lipinski definition) is 0. The molecule has 0 amide bonds. The maximum Gasteiger partial charge on any atom is 0.137 e. The number of hydrogen-bond acceptors (Lipinski definition) is 3. The van der Waals surface area contributed by atoms with Gasteiger partial charge in [-0.15, -0.1) is 10.2 Å². The molecule has 0 radical (unpaired) electrons. The molecule has 1 aliphatic rings. The lowest BCUT2D eigenvalue weighted by Gasteiger charge is -2.30. The van der Waals surface area contributed by atoms with Crippen molar-refractivity contribution in [3.05, 3.63) is 34.0 Å². The fourth-order valence-electron chi connectivity index (χ4n) is 2.40. The Labute approximate surface area is 106 Å². The van der Waals surface area contributed by atoms with Gasteiger partial charge in [-0.05, 0) is 34.2 Å². The van der Waals surface area contributed by atoms with Gasteiger partial charge in [-0.2, -0.15) is 11.3 Å². The summed E-state index contributed by atoms with van der Waals surface area (Å²) < 4.78 is 2.32. The van der Waals surface area contributed by atoms with Crippen molar-refractivity contribution in [1.82, 2.24) is 14.8 Å². The predicted octanol–water partition coefficient (Wildman–Crippen LogP) is 2.90. The molecule has 0 spiro atoms. The summed E-state index contributed by atoms with van der Waals surface area (Å²) >= 11 is 1.74. The van der Waals surface area contributed by atoms with Crippen LogP contribution in [0, 0.1) is 5.41 Å². The lowest BCUT2D eigenvalue weighted by Crippen LogP contribution is -2.28. The van der Waals surface area contributed by atoms with Gasteiger partial charge in [0.2, 0.25) is 0 Å². The first kappa shape index (κ1) is 11.0. The van der Waals surface area contributed by atoms with E-state index in [2.05, 4.69) is 45.4 Å². The first-order valence-electron chi connectivity index (χ1n) is 6.06. The second kappa shape index (κ2) is 3.95. The second-order valence-corrected chi connectivity index (χ2v) is 6.37. The van der Waals surface area contributed by atoms with Crippen LogP contribution < -0.4 is 0 Å². The lowest BCUT2D eigenvalue weighted by atomic mass is 9.85. The van der Waals surface area contributed by atoms with Crippen molar-refractivity contribution in [2.24, 2.45) is 5.41 Å². The van der Waals surface area contributed by atoms with Crippen molar-refractivity contribution >= 4 is 11.3 Å². The minimum Gasteiger partial charge on any atom is -0.314 e. The van der Waals surface area contributed by atoms with Crippen LogP contribution in [0.2, 0.25) is 0 Å². The number of fused-ring (bicyclic) bond motifs is 1. The number of rotatable bonds is 2. The van der Waals surface area contributed by atoms with Crippen LogP contribution >= 0.6 is 11.3 Å². The van der Waals surface area contributed by atoms with Gasteiger partial charge in [-0.3, -0.25) is 0 Å². The highest BCUT2D eigenvalue weighted by molar-refractivity contribution is 7.07. The highest BCUT2D eigenvalue weighted by Gasteiger charge is 2.28. The van der Waals surface area contributed by atoms with Crippen LogP contribution in [0.15, 0.2) is 16.8 Å². The van der Waals surface area contributed by atoms with E-state index in [4.69, 9.17) is 0 Å². The van der Waals surface area contributed by atoms with E-state index in [0.29, 0.717) is 5.41 Å². The first-order valence-corrected chi connectivity index (χ1v) is 7.00. The van der Waals surface area contributed by atoms with Gasteiger partial charge in [0.25, 0.3) is 0 Å². The smallest absolute Gasteiger partial charge is 0.137 e. The quantitative estimate of drug-likeness (QED) is 0.817. The Hall–Kier alpha value is -1.16. The van der Waals surface area contributed by atoms with Gasteiger partial charge in [0.05, 0.1) is 0 Å². The van der Waals surface area contributed by atoms with Crippen molar-refractivity contribution in [2.45, 2.75) is 39.7 Å². The summed E-state index contributed by atoms with van der Waals surface area (Å²) in [6.07, 6.45) is 3.18. The lowest BCUT2D eigenvalue weighted by molar-refractivity contribution is 0.244.